The summed E-state index contributed by atoms with van der Waals surface area (Å²) in [7, 11) is 1.24. The summed E-state index contributed by atoms with van der Waals surface area (Å²) >= 11 is 4.61. The molecule has 0 aromatic heterocycles. The van der Waals surface area contributed by atoms with Gasteiger partial charge in [0.25, 0.3) is 0 Å². The maximum absolute atomic E-state index is 13.1. The molecule has 1 rings (SSSR count). The van der Waals surface area contributed by atoms with Crippen LogP contribution in [0.25, 0.3) is 0 Å². The third-order valence-electron chi connectivity index (χ3n) is 1.80. The number of aliphatic hydroxyl groups excluding tert-OH is 1. The molecule has 0 spiro atoms. The highest BCUT2D eigenvalue weighted by Crippen LogP contribution is 2.35. The van der Waals surface area contributed by atoms with E-state index in [1.54, 1.807) is 0 Å². The Labute approximate surface area is 89.2 Å². The molecule has 1 atom stereocenters. The number of aliphatic hydroxyl groups is 1. The predicted octanol–water partition coefficient (Wildman–Crippen LogP) is 2.70. The van der Waals surface area contributed by atoms with E-state index in [0.29, 0.717) is 0 Å². The van der Waals surface area contributed by atoms with Crippen molar-refractivity contribution in [2.24, 2.45) is 0 Å². The summed E-state index contributed by atoms with van der Waals surface area (Å²) in [5.74, 6) is -0.932. The minimum Gasteiger partial charge on any atom is -0.494 e. The summed E-state index contributed by atoms with van der Waals surface area (Å²) in [5.41, 5.74) is -0.312. The minimum atomic E-state index is -3.83. The van der Waals surface area contributed by atoms with Gasteiger partial charge in [-0.1, -0.05) is 6.07 Å². The Morgan fingerprint density at radius 1 is 1.47 bits per heavy atom. The van der Waals surface area contributed by atoms with Crippen LogP contribution in [0.4, 0.5) is 13.2 Å². The van der Waals surface area contributed by atoms with Crippen LogP contribution in [0, 0.1) is 5.82 Å². The lowest BCUT2D eigenvalue weighted by Crippen LogP contribution is -2.19. The van der Waals surface area contributed by atoms with Crippen molar-refractivity contribution >= 4 is 11.6 Å². The van der Waals surface area contributed by atoms with Gasteiger partial charge in [0.1, 0.15) is 0 Å². The number of hydrogen-bond donors (Lipinski definition) is 1. The van der Waals surface area contributed by atoms with E-state index in [1.807, 2.05) is 0 Å². The second kappa shape index (κ2) is 4.28. The highest BCUT2D eigenvalue weighted by Gasteiger charge is 2.37. The first-order chi connectivity index (χ1) is 6.86. The van der Waals surface area contributed by atoms with E-state index in [2.05, 4.69) is 16.3 Å². The fourth-order valence-electron chi connectivity index (χ4n) is 1.04. The lowest BCUT2D eigenvalue weighted by molar-refractivity contribution is -0.0426. The van der Waals surface area contributed by atoms with E-state index in [1.165, 1.54) is 7.11 Å². The molecule has 0 fully saturated rings. The van der Waals surface area contributed by atoms with Crippen LogP contribution in [0.3, 0.4) is 0 Å². The van der Waals surface area contributed by atoms with Crippen molar-refractivity contribution in [1.82, 2.24) is 0 Å². The summed E-state index contributed by atoms with van der Waals surface area (Å²) in [4.78, 5) is 0. The van der Waals surface area contributed by atoms with Gasteiger partial charge in [-0.05, 0) is 29.3 Å². The van der Waals surface area contributed by atoms with Crippen molar-refractivity contribution in [3.63, 3.8) is 0 Å². The van der Waals surface area contributed by atoms with Crippen molar-refractivity contribution in [1.29, 1.82) is 0 Å². The molecule has 1 aromatic rings. The summed E-state index contributed by atoms with van der Waals surface area (Å²) in [5, 5.41) is 5.22. The Morgan fingerprint density at radius 2 is 2.07 bits per heavy atom. The largest absolute Gasteiger partial charge is 0.494 e. The Kier molecular flexibility index (Phi) is 3.46. The lowest BCUT2D eigenvalue weighted by Gasteiger charge is -2.16. The van der Waals surface area contributed by atoms with Gasteiger partial charge in [0.2, 0.25) is 0 Å². The Bertz CT molecular complexity index is 352. The zero-order chi connectivity index (χ0) is 11.6. The third kappa shape index (κ3) is 2.76. The minimum absolute atomic E-state index is 0.0937. The fourth-order valence-corrected chi connectivity index (χ4v) is 1.17. The molecule has 1 aromatic carbocycles. The van der Waals surface area contributed by atoms with E-state index >= 15 is 0 Å². The molecule has 0 saturated heterocycles. The number of benzene rings is 1. The normalized spacial score (nSPS) is 13.7. The molecule has 0 amide bonds. The Morgan fingerprint density at radius 3 is 2.47 bits per heavy atom. The van der Waals surface area contributed by atoms with Gasteiger partial charge >= 0.3 is 5.38 Å². The van der Waals surface area contributed by atoms with E-state index in [0.717, 1.165) is 18.2 Å². The molecular weight excluding hydrogens is 233 g/mol. The first-order valence-electron chi connectivity index (χ1n) is 3.94. The van der Waals surface area contributed by atoms with Crippen molar-refractivity contribution in [3.05, 3.63) is 29.6 Å². The topological polar surface area (TPSA) is 29.5 Å². The molecule has 6 heteroatoms. The zero-order valence-corrected chi connectivity index (χ0v) is 8.43. The summed E-state index contributed by atoms with van der Waals surface area (Å²) < 4.78 is 42.6. The van der Waals surface area contributed by atoms with Gasteiger partial charge in [0, 0.05) is 0 Å². The molecule has 0 radical (unpaired) electrons. The van der Waals surface area contributed by atoms with Crippen LogP contribution in [0.5, 0.6) is 5.75 Å². The average Bonchev–Trinajstić information content (AvgIpc) is 2.15. The molecule has 0 aliphatic rings. The highest BCUT2D eigenvalue weighted by atomic mass is 35.5. The number of methoxy groups -OCH3 is 1. The summed E-state index contributed by atoms with van der Waals surface area (Å²) in [6.45, 7) is 0. The first-order valence-corrected chi connectivity index (χ1v) is 4.32. The van der Waals surface area contributed by atoms with E-state index < -0.39 is 17.3 Å². The summed E-state index contributed by atoms with van der Waals surface area (Å²) in [6.07, 6.45) is -2.25. The van der Waals surface area contributed by atoms with Gasteiger partial charge in [-0.2, -0.15) is 8.78 Å². The van der Waals surface area contributed by atoms with Crippen LogP contribution in [0.1, 0.15) is 11.7 Å². The quantitative estimate of drug-likeness (QED) is 0.823. The number of hydrogen-bond acceptors (Lipinski definition) is 2. The predicted molar refractivity (Wildman–Crippen MR) is 48.7 cm³/mol. The molecule has 84 valence electrons. The monoisotopic (exact) mass is 240 g/mol. The van der Waals surface area contributed by atoms with Crippen molar-refractivity contribution in [3.8, 4) is 5.75 Å². The van der Waals surface area contributed by atoms with Crippen molar-refractivity contribution in [2.75, 3.05) is 7.11 Å². The Balaban J connectivity index is 3.02. The third-order valence-corrected chi connectivity index (χ3v) is 2.01. The van der Waals surface area contributed by atoms with Crippen LogP contribution in [-0.4, -0.2) is 17.6 Å². The molecule has 1 N–H and O–H groups in total. The molecule has 0 aliphatic carbocycles. The van der Waals surface area contributed by atoms with Gasteiger partial charge < -0.3 is 9.84 Å². The molecule has 15 heavy (non-hydrogen) atoms. The first kappa shape index (κ1) is 12.1. The second-order valence-corrected chi connectivity index (χ2v) is 3.34. The van der Waals surface area contributed by atoms with E-state index in [-0.39, 0.29) is 11.3 Å². The molecule has 0 heterocycles. The van der Waals surface area contributed by atoms with Crippen LogP contribution in [-0.2, 0) is 0 Å². The van der Waals surface area contributed by atoms with Gasteiger partial charge in [-0.15, -0.1) is 0 Å². The smallest absolute Gasteiger partial charge is 0.351 e. The molecule has 0 saturated carbocycles. The number of halogens is 4. The van der Waals surface area contributed by atoms with Crippen LogP contribution in [0.15, 0.2) is 18.2 Å². The van der Waals surface area contributed by atoms with Gasteiger partial charge in [0.05, 0.1) is 7.11 Å². The number of rotatable bonds is 3. The highest BCUT2D eigenvalue weighted by molar-refractivity contribution is 6.22. The SMILES string of the molecule is COc1ccc(C(O)C(F)(F)Cl)cc1F. The number of ether oxygens (including phenoxy) is 1. The summed E-state index contributed by atoms with van der Waals surface area (Å²) in [6, 6.07) is 3.00. The van der Waals surface area contributed by atoms with E-state index in [4.69, 9.17) is 5.11 Å². The lowest BCUT2D eigenvalue weighted by atomic mass is 10.1. The maximum atomic E-state index is 13.1. The standard InChI is InChI=1S/C9H8ClF3O2/c1-15-7-3-2-5(4-6(7)11)8(14)9(10,12)13/h2-4,8,14H,1H3. The van der Waals surface area contributed by atoms with Crippen LogP contribution < -0.4 is 4.74 Å². The van der Waals surface area contributed by atoms with Crippen molar-refractivity contribution in [2.45, 2.75) is 11.5 Å². The number of alkyl halides is 3. The molecule has 0 bridgehead atoms. The molecular formula is C9H8ClF3O2. The second-order valence-electron chi connectivity index (χ2n) is 2.84. The Hall–Kier alpha value is -0.940. The molecule has 2 nitrogen and oxygen atoms in total. The zero-order valence-electron chi connectivity index (χ0n) is 7.68. The van der Waals surface area contributed by atoms with Gasteiger partial charge in [-0.25, -0.2) is 4.39 Å². The average molecular weight is 241 g/mol. The molecule has 1 unspecified atom stereocenters. The van der Waals surface area contributed by atoms with Gasteiger partial charge in [0.15, 0.2) is 17.7 Å². The maximum Gasteiger partial charge on any atom is 0.351 e. The van der Waals surface area contributed by atoms with Crippen LogP contribution >= 0.6 is 11.6 Å². The molecule has 0 aliphatic heterocycles. The fraction of sp³-hybridized carbons (Fsp3) is 0.333. The van der Waals surface area contributed by atoms with Crippen LogP contribution in [0.2, 0.25) is 0 Å². The van der Waals surface area contributed by atoms with E-state index in [9.17, 15) is 13.2 Å². The van der Waals surface area contributed by atoms with Gasteiger partial charge in [-0.3, -0.25) is 0 Å². The van der Waals surface area contributed by atoms with Crippen molar-refractivity contribution < 1.29 is 23.0 Å².